The number of carbonyl (C=O) groups is 1. The molecule has 7 nitrogen and oxygen atoms in total. The Morgan fingerprint density at radius 1 is 1.52 bits per heavy atom. The standard InChI is InChI=1S/C14H16N4O3/c1-16(2)14(19)13-4-3-7-17(13)12-6-5-11(18(20)21)8-10(12)9-15/h5-6,8,13H,3-4,7H2,1-2H3. The number of non-ortho nitro benzene ring substituents is 1. The van der Waals surface area contributed by atoms with Gasteiger partial charge in [-0.15, -0.1) is 0 Å². The van der Waals surface area contributed by atoms with Crippen LogP contribution in [0.3, 0.4) is 0 Å². The maximum absolute atomic E-state index is 12.2. The summed E-state index contributed by atoms with van der Waals surface area (Å²) in [5, 5.41) is 20.0. The van der Waals surface area contributed by atoms with Crippen LogP contribution in [-0.2, 0) is 4.79 Å². The SMILES string of the molecule is CN(C)C(=O)C1CCCN1c1ccc([N+](=O)[O-])cc1C#N. The monoisotopic (exact) mass is 288 g/mol. The van der Waals surface area contributed by atoms with Crippen molar-refractivity contribution in [2.24, 2.45) is 0 Å². The first-order valence-electron chi connectivity index (χ1n) is 6.62. The van der Waals surface area contributed by atoms with E-state index in [-0.39, 0.29) is 23.2 Å². The summed E-state index contributed by atoms with van der Waals surface area (Å²) in [5.41, 5.74) is 0.688. The average molecular weight is 288 g/mol. The maximum atomic E-state index is 12.2. The molecule has 0 spiro atoms. The molecule has 2 rings (SSSR count). The normalized spacial score (nSPS) is 17.4. The number of amides is 1. The first-order chi connectivity index (χ1) is 9.95. The Kier molecular flexibility index (Phi) is 4.08. The van der Waals surface area contributed by atoms with Crippen LogP contribution >= 0.6 is 0 Å². The number of rotatable bonds is 3. The number of nitro groups is 1. The number of hydrogen-bond acceptors (Lipinski definition) is 5. The van der Waals surface area contributed by atoms with Gasteiger partial charge in [0.25, 0.3) is 5.69 Å². The van der Waals surface area contributed by atoms with Crippen molar-refractivity contribution in [3.05, 3.63) is 33.9 Å². The Morgan fingerprint density at radius 3 is 2.81 bits per heavy atom. The molecule has 1 fully saturated rings. The topological polar surface area (TPSA) is 90.5 Å². The van der Waals surface area contributed by atoms with Gasteiger partial charge in [-0.2, -0.15) is 5.26 Å². The van der Waals surface area contributed by atoms with Crippen LogP contribution in [0.5, 0.6) is 0 Å². The van der Waals surface area contributed by atoms with Gasteiger partial charge in [0.15, 0.2) is 0 Å². The van der Waals surface area contributed by atoms with Gasteiger partial charge in [0.05, 0.1) is 16.2 Å². The molecule has 1 aromatic rings. The molecule has 21 heavy (non-hydrogen) atoms. The van der Waals surface area contributed by atoms with Crippen molar-refractivity contribution in [1.82, 2.24) is 4.90 Å². The minimum atomic E-state index is -0.531. The Morgan fingerprint density at radius 2 is 2.24 bits per heavy atom. The van der Waals surface area contributed by atoms with Gasteiger partial charge >= 0.3 is 0 Å². The molecule has 1 saturated heterocycles. The van der Waals surface area contributed by atoms with Gasteiger partial charge in [0.2, 0.25) is 5.91 Å². The van der Waals surface area contributed by atoms with E-state index < -0.39 is 4.92 Å². The van der Waals surface area contributed by atoms with Crippen LogP contribution < -0.4 is 4.90 Å². The highest BCUT2D eigenvalue weighted by molar-refractivity contribution is 5.86. The molecule has 0 aromatic heterocycles. The third-order valence-electron chi connectivity index (χ3n) is 3.60. The number of likely N-dealkylation sites (N-methyl/N-ethyl adjacent to an activating group) is 1. The lowest BCUT2D eigenvalue weighted by Crippen LogP contribution is -2.43. The summed E-state index contributed by atoms with van der Waals surface area (Å²) < 4.78 is 0. The predicted molar refractivity (Wildman–Crippen MR) is 76.9 cm³/mol. The Hall–Kier alpha value is -2.62. The number of carbonyl (C=O) groups excluding carboxylic acids is 1. The van der Waals surface area contributed by atoms with Crippen molar-refractivity contribution in [1.29, 1.82) is 5.26 Å². The summed E-state index contributed by atoms with van der Waals surface area (Å²) in [4.78, 5) is 25.8. The number of anilines is 1. The molecule has 0 saturated carbocycles. The second kappa shape index (κ2) is 5.79. The fraction of sp³-hybridized carbons (Fsp3) is 0.429. The van der Waals surface area contributed by atoms with Crippen molar-refractivity contribution in [2.75, 3.05) is 25.5 Å². The van der Waals surface area contributed by atoms with Gasteiger partial charge in [-0.25, -0.2) is 0 Å². The highest BCUT2D eigenvalue weighted by Crippen LogP contribution is 2.31. The molecule has 0 N–H and O–H groups in total. The van der Waals surface area contributed by atoms with Crippen LogP contribution in [0.1, 0.15) is 18.4 Å². The van der Waals surface area contributed by atoms with Gasteiger partial charge in [0, 0.05) is 32.8 Å². The lowest BCUT2D eigenvalue weighted by molar-refractivity contribution is -0.384. The number of nitro benzene ring substituents is 1. The highest BCUT2D eigenvalue weighted by atomic mass is 16.6. The van der Waals surface area contributed by atoms with Gasteiger partial charge in [-0.3, -0.25) is 14.9 Å². The third-order valence-corrected chi connectivity index (χ3v) is 3.60. The Balaban J connectivity index is 2.39. The average Bonchev–Trinajstić information content (AvgIpc) is 2.94. The largest absolute Gasteiger partial charge is 0.358 e. The van der Waals surface area contributed by atoms with Crippen molar-refractivity contribution in [3.63, 3.8) is 0 Å². The van der Waals surface area contributed by atoms with E-state index in [0.29, 0.717) is 12.2 Å². The molecule has 1 heterocycles. The van der Waals surface area contributed by atoms with E-state index in [2.05, 4.69) is 0 Å². The molecule has 110 valence electrons. The van der Waals surface area contributed by atoms with Crippen LogP contribution in [-0.4, -0.2) is 42.4 Å². The van der Waals surface area contributed by atoms with Crippen molar-refractivity contribution in [2.45, 2.75) is 18.9 Å². The van der Waals surface area contributed by atoms with Crippen LogP contribution in [0.2, 0.25) is 0 Å². The molecule has 1 unspecified atom stereocenters. The van der Waals surface area contributed by atoms with Gasteiger partial charge in [0.1, 0.15) is 12.1 Å². The van der Waals surface area contributed by atoms with E-state index in [1.165, 1.54) is 17.0 Å². The Bertz CT molecular complexity index is 621. The molecular formula is C14H16N4O3. The summed E-state index contributed by atoms with van der Waals surface area (Å²) in [5.74, 6) is -0.0188. The number of nitriles is 1. The molecule has 0 bridgehead atoms. The molecule has 0 radical (unpaired) electrons. The van der Waals surface area contributed by atoms with Crippen molar-refractivity contribution >= 4 is 17.3 Å². The summed E-state index contributed by atoms with van der Waals surface area (Å²) in [6.45, 7) is 0.663. The smallest absolute Gasteiger partial charge is 0.270 e. The molecular weight excluding hydrogens is 272 g/mol. The lowest BCUT2D eigenvalue weighted by Gasteiger charge is -2.28. The molecule has 0 aliphatic carbocycles. The zero-order valence-electron chi connectivity index (χ0n) is 11.9. The Labute approximate surface area is 122 Å². The van der Waals surface area contributed by atoms with Crippen LogP contribution in [0, 0.1) is 21.4 Å². The van der Waals surface area contributed by atoms with Crippen molar-refractivity contribution < 1.29 is 9.72 Å². The van der Waals surface area contributed by atoms with E-state index >= 15 is 0 Å². The summed E-state index contributed by atoms with van der Waals surface area (Å²) in [6, 6.07) is 5.85. The van der Waals surface area contributed by atoms with Crippen LogP contribution in [0.25, 0.3) is 0 Å². The highest BCUT2D eigenvalue weighted by Gasteiger charge is 2.33. The fourth-order valence-electron chi connectivity index (χ4n) is 2.59. The van der Waals surface area contributed by atoms with Crippen LogP contribution in [0.15, 0.2) is 18.2 Å². The molecule has 1 aliphatic rings. The molecule has 1 aliphatic heterocycles. The van der Waals surface area contributed by atoms with Gasteiger partial charge in [-0.05, 0) is 18.9 Å². The fourth-order valence-corrected chi connectivity index (χ4v) is 2.59. The van der Waals surface area contributed by atoms with Gasteiger partial charge in [-0.1, -0.05) is 0 Å². The van der Waals surface area contributed by atoms with Gasteiger partial charge < -0.3 is 9.80 Å². The quantitative estimate of drug-likeness (QED) is 0.621. The minimum Gasteiger partial charge on any atom is -0.358 e. The zero-order valence-corrected chi connectivity index (χ0v) is 11.9. The van der Waals surface area contributed by atoms with Crippen LogP contribution in [0.4, 0.5) is 11.4 Å². The number of benzene rings is 1. The molecule has 1 aromatic carbocycles. The summed E-state index contributed by atoms with van der Waals surface area (Å²) in [7, 11) is 3.39. The van der Waals surface area contributed by atoms with E-state index in [9.17, 15) is 20.2 Å². The zero-order chi connectivity index (χ0) is 15.6. The number of hydrogen-bond donors (Lipinski definition) is 0. The maximum Gasteiger partial charge on any atom is 0.270 e. The van der Waals surface area contributed by atoms with E-state index in [1.807, 2.05) is 11.0 Å². The first kappa shape index (κ1) is 14.8. The van der Waals surface area contributed by atoms with E-state index in [4.69, 9.17) is 0 Å². The molecule has 1 atom stereocenters. The number of nitrogens with zero attached hydrogens (tertiary/aromatic N) is 4. The lowest BCUT2D eigenvalue weighted by atomic mass is 10.1. The summed E-state index contributed by atoms with van der Waals surface area (Å²) >= 11 is 0. The molecule has 1 amide bonds. The second-order valence-corrected chi connectivity index (χ2v) is 5.15. The molecule has 7 heteroatoms. The van der Waals surface area contributed by atoms with E-state index in [1.54, 1.807) is 20.2 Å². The minimum absolute atomic E-state index is 0.0188. The van der Waals surface area contributed by atoms with E-state index in [0.717, 1.165) is 12.8 Å². The third kappa shape index (κ3) is 2.79. The summed E-state index contributed by atoms with van der Waals surface area (Å²) in [6.07, 6.45) is 1.57. The predicted octanol–water partition coefficient (Wildman–Crippen LogP) is 1.52. The van der Waals surface area contributed by atoms with Crippen molar-refractivity contribution in [3.8, 4) is 6.07 Å². The second-order valence-electron chi connectivity index (χ2n) is 5.15. The first-order valence-corrected chi connectivity index (χ1v) is 6.62.